The fraction of sp³-hybridized carbons (Fsp3) is 0.375. The first-order chi connectivity index (χ1) is 15.8. The normalized spacial score (nSPS) is 19.8. The van der Waals surface area contributed by atoms with E-state index in [0.29, 0.717) is 35.7 Å². The summed E-state index contributed by atoms with van der Waals surface area (Å²) in [4.78, 5) is 33.8. The number of amides is 1. The summed E-state index contributed by atoms with van der Waals surface area (Å²) in [6, 6.07) is 6.11. The van der Waals surface area contributed by atoms with Crippen molar-refractivity contribution >= 4 is 16.8 Å². The highest BCUT2D eigenvalue weighted by molar-refractivity contribution is 6.00. The van der Waals surface area contributed by atoms with E-state index in [2.05, 4.69) is 9.97 Å². The van der Waals surface area contributed by atoms with Crippen LogP contribution in [0.1, 0.15) is 36.2 Å². The molecule has 0 aliphatic carbocycles. The van der Waals surface area contributed by atoms with Crippen molar-refractivity contribution in [2.24, 2.45) is 0 Å². The second kappa shape index (κ2) is 8.06. The van der Waals surface area contributed by atoms with E-state index in [0.717, 1.165) is 5.39 Å². The average molecular weight is 453 g/mol. The minimum atomic E-state index is -0.556. The number of aromatic nitrogens is 2. The number of H-pyrrole nitrogens is 1. The zero-order chi connectivity index (χ0) is 23.3. The number of nitrogens with zero attached hydrogens (tertiary/aromatic N) is 2. The number of carbonyl (C=O) groups is 1. The van der Waals surface area contributed by atoms with E-state index in [1.165, 1.54) is 6.07 Å². The van der Waals surface area contributed by atoms with E-state index in [1.807, 2.05) is 0 Å². The van der Waals surface area contributed by atoms with Gasteiger partial charge >= 0.3 is 0 Å². The molecule has 3 aromatic rings. The summed E-state index contributed by atoms with van der Waals surface area (Å²) in [5, 5.41) is 0.789. The van der Waals surface area contributed by atoms with Gasteiger partial charge in [0, 0.05) is 30.1 Å². The molecule has 0 bridgehead atoms. The molecule has 0 radical (unpaired) electrons. The zero-order valence-corrected chi connectivity index (χ0v) is 18.6. The predicted molar refractivity (Wildman–Crippen MR) is 119 cm³/mol. The zero-order valence-electron chi connectivity index (χ0n) is 18.6. The molecule has 33 heavy (non-hydrogen) atoms. The van der Waals surface area contributed by atoms with Gasteiger partial charge in [0.25, 0.3) is 5.91 Å². The maximum absolute atomic E-state index is 14.9. The molecule has 1 fully saturated rings. The van der Waals surface area contributed by atoms with Crippen molar-refractivity contribution in [3.63, 3.8) is 0 Å². The Morgan fingerprint density at radius 3 is 2.88 bits per heavy atom. The van der Waals surface area contributed by atoms with Crippen LogP contribution >= 0.6 is 0 Å². The van der Waals surface area contributed by atoms with Gasteiger partial charge in [0.1, 0.15) is 24.0 Å². The molecule has 5 rings (SSSR count). The highest BCUT2D eigenvalue weighted by atomic mass is 19.1. The van der Waals surface area contributed by atoms with E-state index >= 15 is 0 Å². The van der Waals surface area contributed by atoms with Crippen LogP contribution in [0.4, 0.5) is 4.39 Å². The van der Waals surface area contributed by atoms with E-state index in [4.69, 9.17) is 14.2 Å². The van der Waals surface area contributed by atoms with Gasteiger partial charge in [-0.15, -0.1) is 0 Å². The minimum Gasteiger partial charge on any atom is -0.490 e. The number of aromatic amines is 1. The monoisotopic (exact) mass is 453 g/mol. The first kappa shape index (κ1) is 21.2. The third-order valence-corrected chi connectivity index (χ3v) is 5.87. The summed E-state index contributed by atoms with van der Waals surface area (Å²) in [6.07, 6.45) is 1.53. The Labute approximate surface area is 189 Å². The van der Waals surface area contributed by atoms with Gasteiger partial charge in [0.15, 0.2) is 11.6 Å². The summed E-state index contributed by atoms with van der Waals surface area (Å²) in [5.74, 6) is -0.286. The second-order valence-corrected chi connectivity index (χ2v) is 8.71. The van der Waals surface area contributed by atoms with Crippen molar-refractivity contribution in [3.05, 3.63) is 57.8 Å². The maximum Gasteiger partial charge on any atom is 0.262 e. The lowest BCUT2D eigenvalue weighted by atomic mass is 10.1. The molecule has 2 aromatic heterocycles. The lowest BCUT2D eigenvalue weighted by Gasteiger charge is -2.22. The van der Waals surface area contributed by atoms with Gasteiger partial charge in [0.05, 0.1) is 24.2 Å². The fourth-order valence-electron chi connectivity index (χ4n) is 4.35. The summed E-state index contributed by atoms with van der Waals surface area (Å²) in [7, 11) is 0. The summed E-state index contributed by atoms with van der Waals surface area (Å²) in [5.41, 5.74) is 0.879. The Morgan fingerprint density at radius 2 is 2.09 bits per heavy atom. The topological polar surface area (TPSA) is 93.8 Å². The minimum absolute atomic E-state index is 0.0739. The van der Waals surface area contributed by atoms with Crippen LogP contribution in [0.5, 0.6) is 17.4 Å². The van der Waals surface area contributed by atoms with Gasteiger partial charge in [0.2, 0.25) is 11.4 Å². The number of rotatable bonds is 4. The molecule has 2 atom stereocenters. The molecular weight excluding hydrogens is 429 g/mol. The van der Waals surface area contributed by atoms with Crippen LogP contribution in [0.15, 0.2) is 35.3 Å². The number of fused-ring (bicyclic) bond motifs is 3. The number of hydrogen-bond acceptors (Lipinski definition) is 6. The molecule has 1 N–H and O–H groups in total. The number of hydrogen-bond donors (Lipinski definition) is 1. The number of benzene rings is 1. The lowest BCUT2D eigenvalue weighted by Crippen LogP contribution is -2.37. The fourth-order valence-corrected chi connectivity index (χ4v) is 4.35. The largest absolute Gasteiger partial charge is 0.490 e. The number of halogens is 1. The van der Waals surface area contributed by atoms with Gasteiger partial charge in [-0.25, -0.2) is 9.37 Å². The van der Waals surface area contributed by atoms with E-state index in [9.17, 15) is 14.0 Å². The number of aryl methyl sites for hydroxylation is 1. The van der Waals surface area contributed by atoms with Crippen molar-refractivity contribution < 1.29 is 23.4 Å². The highest BCUT2D eigenvalue weighted by Gasteiger charge is 2.42. The molecule has 0 spiro atoms. The molecule has 4 heterocycles. The molecule has 2 aliphatic rings. The number of carbonyl (C=O) groups excluding carboxylic acids is 1. The molecule has 8 nitrogen and oxygen atoms in total. The number of ether oxygens (including phenoxy) is 3. The Bertz CT molecular complexity index is 1310. The van der Waals surface area contributed by atoms with Gasteiger partial charge in [-0.05, 0) is 38.5 Å². The summed E-state index contributed by atoms with van der Waals surface area (Å²) >= 11 is 0. The molecule has 9 heteroatoms. The molecule has 1 saturated heterocycles. The number of pyridine rings is 2. The molecular formula is C24H24FN3O5. The molecule has 0 saturated carbocycles. The molecule has 172 valence electrons. The molecule has 1 amide bonds. The van der Waals surface area contributed by atoms with Gasteiger partial charge in [-0.3, -0.25) is 9.59 Å². The van der Waals surface area contributed by atoms with Crippen molar-refractivity contribution in [1.82, 2.24) is 14.9 Å². The second-order valence-electron chi connectivity index (χ2n) is 8.71. The third kappa shape index (κ3) is 3.88. The van der Waals surface area contributed by atoms with Crippen LogP contribution < -0.4 is 19.8 Å². The first-order valence-corrected chi connectivity index (χ1v) is 10.9. The van der Waals surface area contributed by atoms with Gasteiger partial charge < -0.3 is 24.1 Å². The van der Waals surface area contributed by atoms with Crippen LogP contribution in [-0.4, -0.2) is 52.2 Å². The van der Waals surface area contributed by atoms with Crippen LogP contribution in [0.2, 0.25) is 0 Å². The van der Waals surface area contributed by atoms with Crippen LogP contribution in [-0.2, 0) is 0 Å². The number of nitrogens with one attached hydrogen (secondary N) is 1. The Morgan fingerprint density at radius 1 is 1.27 bits per heavy atom. The van der Waals surface area contributed by atoms with Crippen LogP contribution in [0.3, 0.4) is 0 Å². The molecule has 0 unspecified atom stereocenters. The van der Waals surface area contributed by atoms with Crippen molar-refractivity contribution in [2.75, 3.05) is 13.2 Å². The molecule has 1 aromatic carbocycles. The first-order valence-electron chi connectivity index (χ1n) is 10.9. The quantitative estimate of drug-likeness (QED) is 0.652. The van der Waals surface area contributed by atoms with Crippen LogP contribution in [0, 0.1) is 12.7 Å². The van der Waals surface area contributed by atoms with E-state index in [1.54, 1.807) is 50.1 Å². The Kier molecular flexibility index (Phi) is 5.19. The smallest absolute Gasteiger partial charge is 0.262 e. The Hall–Kier alpha value is -3.62. The average Bonchev–Trinajstić information content (AvgIpc) is 3.12. The Balaban J connectivity index is 1.41. The van der Waals surface area contributed by atoms with Gasteiger partial charge in [-0.2, -0.15) is 0 Å². The van der Waals surface area contributed by atoms with Crippen molar-refractivity contribution in [3.8, 4) is 17.4 Å². The molecule has 2 aliphatic heterocycles. The van der Waals surface area contributed by atoms with E-state index < -0.39 is 5.82 Å². The third-order valence-electron chi connectivity index (χ3n) is 5.87. The van der Waals surface area contributed by atoms with Gasteiger partial charge in [-0.1, -0.05) is 0 Å². The predicted octanol–water partition coefficient (Wildman–Crippen LogP) is 3.21. The SMILES string of the molecule is Cc1cc2c(c(OC(C)C)c1F)C(=O)N1C[C@@H](Oc3cc4[nH]c(=O)ccc4cn3)C[C@@H]1CO2. The van der Waals surface area contributed by atoms with Crippen molar-refractivity contribution in [1.29, 1.82) is 0 Å². The van der Waals surface area contributed by atoms with E-state index in [-0.39, 0.29) is 47.6 Å². The standard InChI is InChI=1S/C24H24FN3O5/c1-12(2)32-23-21-18(6-13(3)22(23)25)31-11-15-7-16(10-28(15)24(21)30)33-20-8-17-14(9-26-20)4-5-19(29)27-17/h4-6,8-9,12,15-16H,7,10-11H2,1-3H3,(H,27,29)/t15-,16+/m1/s1. The highest BCUT2D eigenvalue weighted by Crippen LogP contribution is 2.39. The lowest BCUT2D eigenvalue weighted by molar-refractivity contribution is 0.0708. The van der Waals surface area contributed by atoms with Crippen LogP contribution in [0.25, 0.3) is 10.9 Å². The van der Waals surface area contributed by atoms with Crippen molar-refractivity contribution in [2.45, 2.75) is 45.4 Å². The maximum atomic E-state index is 14.9. The summed E-state index contributed by atoms with van der Waals surface area (Å²) in [6.45, 7) is 5.75. The summed E-state index contributed by atoms with van der Waals surface area (Å²) < 4.78 is 32.6.